The predicted molar refractivity (Wildman–Crippen MR) is 66.4 cm³/mol. The number of hydrogen-bond donors (Lipinski definition) is 1. The van der Waals surface area contributed by atoms with E-state index in [9.17, 15) is 0 Å². The second-order valence-electron chi connectivity index (χ2n) is 4.23. The number of rotatable bonds is 10. The molecule has 92 valence electrons. The molecule has 0 bridgehead atoms. The summed E-state index contributed by atoms with van der Waals surface area (Å²) < 4.78 is 5.24. The van der Waals surface area contributed by atoms with Crippen LogP contribution in [0, 0.1) is 0 Å². The largest absolute Gasteiger partial charge is 0.380 e. The summed E-state index contributed by atoms with van der Waals surface area (Å²) in [6, 6.07) is 0.663. The zero-order chi connectivity index (χ0) is 11.5. The zero-order valence-electron chi connectivity index (χ0n) is 10.9. The monoisotopic (exact) mass is 216 g/mol. The molecule has 1 N–H and O–H groups in total. The summed E-state index contributed by atoms with van der Waals surface area (Å²) in [5.74, 6) is 0. The van der Waals surface area contributed by atoms with Crippen LogP contribution < -0.4 is 5.32 Å². The fourth-order valence-corrected chi connectivity index (χ4v) is 1.28. The van der Waals surface area contributed by atoms with Crippen molar-refractivity contribution in [3.05, 3.63) is 0 Å². The van der Waals surface area contributed by atoms with E-state index in [4.69, 9.17) is 4.74 Å². The van der Waals surface area contributed by atoms with Gasteiger partial charge in [-0.25, -0.2) is 0 Å². The van der Waals surface area contributed by atoms with Gasteiger partial charge in [-0.3, -0.25) is 0 Å². The highest BCUT2D eigenvalue weighted by Crippen LogP contribution is 1.96. The summed E-state index contributed by atoms with van der Waals surface area (Å²) in [5.41, 5.74) is 0. The van der Waals surface area contributed by atoms with Gasteiger partial charge in [0.15, 0.2) is 0 Å². The van der Waals surface area contributed by atoms with E-state index in [1.165, 1.54) is 19.4 Å². The highest BCUT2D eigenvalue weighted by Gasteiger charge is 2.01. The Bertz CT molecular complexity index is 129. The average molecular weight is 216 g/mol. The maximum absolute atomic E-state index is 5.24. The second-order valence-corrected chi connectivity index (χ2v) is 4.23. The molecule has 0 spiro atoms. The van der Waals surface area contributed by atoms with Crippen LogP contribution in [-0.4, -0.2) is 50.8 Å². The molecule has 0 aromatic carbocycles. The molecule has 0 atom stereocenters. The fraction of sp³-hybridized carbons (Fsp3) is 1.00. The molecule has 0 saturated heterocycles. The van der Waals surface area contributed by atoms with Crippen molar-refractivity contribution in [1.82, 2.24) is 10.2 Å². The molecule has 0 rings (SSSR count). The van der Waals surface area contributed by atoms with E-state index in [-0.39, 0.29) is 0 Å². The van der Waals surface area contributed by atoms with E-state index >= 15 is 0 Å². The lowest BCUT2D eigenvalue weighted by Gasteiger charge is -2.20. The normalized spacial score (nSPS) is 11.6. The van der Waals surface area contributed by atoms with E-state index in [2.05, 4.69) is 31.1 Å². The molecular formula is C12H28N2O. The van der Waals surface area contributed by atoms with Gasteiger partial charge in [-0.15, -0.1) is 0 Å². The van der Waals surface area contributed by atoms with Gasteiger partial charge in [-0.05, 0) is 53.8 Å². The molecule has 0 saturated carbocycles. The molecule has 0 radical (unpaired) electrons. The standard InChI is InChI=1S/C12H28N2O/c1-5-15-11-9-13-8-6-7-10-14(4)12(2)3/h12-13H,5-11H2,1-4H3. The van der Waals surface area contributed by atoms with Crippen molar-refractivity contribution in [2.24, 2.45) is 0 Å². The van der Waals surface area contributed by atoms with Crippen molar-refractivity contribution in [2.75, 3.05) is 39.9 Å². The van der Waals surface area contributed by atoms with Gasteiger partial charge in [0.1, 0.15) is 0 Å². The second kappa shape index (κ2) is 10.4. The molecule has 15 heavy (non-hydrogen) atoms. The van der Waals surface area contributed by atoms with Crippen molar-refractivity contribution in [1.29, 1.82) is 0 Å². The smallest absolute Gasteiger partial charge is 0.0590 e. The zero-order valence-corrected chi connectivity index (χ0v) is 10.9. The third kappa shape index (κ3) is 10.2. The van der Waals surface area contributed by atoms with Gasteiger partial charge < -0.3 is 15.0 Å². The Balaban J connectivity index is 3.05. The van der Waals surface area contributed by atoms with Gasteiger partial charge in [-0.1, -0.05) is 0 Å². The highest BCUT2D eigenvalue weighted by molar-refractivity contribution is 4.57. The lowest BCUT2D eigenvalue weighted by atomic mass is 10.2. The van der Waals surface area contributed by atoms with Gasteiger partial charge >= 0.3 is 0 Å². The summed E-state index contributed by atoms with van der Waals surface area (Å²) in [7, 11) is 2.19. The van der Waals surface area contributed by atoms with E-state index in [0.29, 0.717) is 6.04 Å². The summed E-state index contributed by atoms with van der Waals surface area (Å²) in [4.78, 5) is 2.39. The number of unbranched alkanes of at least 4 members (excludes halogenated alkanes) is 1. The molecule has 3 nitrogen and oxygen atoms in total. The maximum Gasteiger partial charge on any atom is 0.0590 e. The fourth-order valence-electron chi connectivity index (χ4n) is 1.28. The van der Waals surface area contributed by atoms with Crippen LogP contribution >= 0.6 is 0 Å². The third-order valence-corrected chi connectivity index (χ3v) is 2.62. The van der Waals surface area contributed by atoms with Gasteiger partial charge in [0, 0.05) is 19.2 Å². The van der Waals surface area contributed by atoms with Gasteiger partial charge in [0.25, 0.3) is 0 Å². The molecule has 0 aliphatic rings. The van der Waals surface area contributed by atoms with Crippen LogP contribution in [0.3, 0.4) is 0 Å². The predicted octanol–water partition coefficient (Wildman–Crippen LogP) is 1.73. The Labute approximate surface area is 95.2 Å². The van der Waals surface area contributed by atoms with Crippen molar-refractivity contribution < 1.29 is 4.74 Å². The van der Waals surface area contributed by atoms with Crippen molar-refractivity contribution in [3.8, 4) is 0 Å². The lowest BCUT2D eigenvalue weighted by Crippen LogP contribution is -2.28. The minimum Gasteiger partial charge on any atom is -0.380 e. The molecule has 0 aromatic rings. The highest BCUT2D eigenvalue weighted by atomic mass is 16.5. The van der Waals surface area contributed by atoms with Crippen LogP contribution in [0.25, 0.3) is 0 Å². The van der Waals surface area contributed by atoms with Crippen LogP contribution in [0.5, 0.6) is 0 Å². The van der Waals surface area contributed by atoms with E-state index in [0.717, 1.165) is 26.3 Å². The van der Waals surface area contributed by atoms with E-state index < -0.39 is 0 Å². The summed E-state index contributed by atoms with van der Waals surface area (Å²) in [6.07, 6.45) is 2.53. The van der Waals surface area contributed by atoms with Gasteiger partial charge in [0.2, 0.25) is 0 Å². The molecule has 0 aliphatic carbocycles. The molecule has 0 fully saturated rings. The van der Waals surface area contributed by atoms with E-state index in [1.807, 2.05) is 6.92 Å². The summed E-state index contributed by atoms with van der Waals surface area (Å²) >= 11 is 0. The van der Waals surface area contributed by atoms with Crippen molar-refractivity contribution in [3.63, 3.8) is 0 Å². The quantitative estimate of drug-likeness (QED) is 0.563. The van der Waals surface area contributed by atoms with E-state index in [1.54, 1.807) is 0 Å². The first-order valence-electron chi connectivity index (χ1n) is 6.17. The number of nitrogens with one attached hydrogen (secondary N) is 1. The topological polar surface area (TPSA) is 24.5 Å². The molecule has 0 aliphatic heterocycles. The van der Waals surface area contributed by atoms with Crippen LogP contribution in [-0.2, 0) is 4.74 Å². The van der Waals surface area contributed by atoms with Crippen LogP contribution in [0.1, 0.15) is 33.6 Å². The van der Waals surface area contributed by atoms with Gasteiger partial charge in [-0.2, -0.15) is 0 Å². The Hall–Kier alpha value is -0.120. The first-order valence-corrected chi connectivity index (χ1v) is 6.17. The molecule has 0 amide bonds. The minimum absolute atomic E-state index is 0.663. The van der Waals surface area contributed by atoms with Crippen molar-refractivity contribution in [2.45, 2.75) is 39.7 Å². The summed E-state index contributed by atoms with van der Waals surface area (Å²) in [6.45, 7) is 11.4. The Morgan fingerprint density at radius 3 is 2.53 bits per heavy atom. The average Bonchev–Trinajstić information content (AvgIpc) is 2.21. The first kappa shape index (κ1) is 14.9. The molecular weight excluding hydrogens is 188 g/mol. The number of ether oxygens (including phenoxy) is 1. The minimum atomic E-state index is 0.663. The SMILES string of the molecule is CCOCCNCCCCN(C)C(C)C. The molecule has 0 heterocycles. The third-order valence-electron chi connectivity index (χ3n) is 2.62. The Morgan fingerprint density at radius 2 is 1.93 bits per heavy atom. The number of nitrogens with zero attached hydrogens (tertiary/aromatic N) is 1. The lowest BCUT2D eigenvalue weighted by molar-refractivity contribution is 0.149. The van der Waals surface area contributed by atoms with Crippen molar-refractivity contribution >= 4 is 0 Å². The molecule has 3 heteroatoms. The van der Waals surface area contributed by atoms with Crippen LogP contribution in [0.15, 0.2) is 0 Å². The Morgan fingerprint density at radius 1 is 1.20 bits per heavy atom. The molecule has 0 unspecified atom stereocenters. The molecule has 0 aromatic heterocycles. The van der Waals surface area contributed by atoms with Crippen LogP contribution in [0.2, 0.25) is 0 Å². The number of hydrogen-bond acceptors (Lipinski definition) is 3. The first-order chi connectivity index (χ1) is 7.18. The summed E-state index contributed by atoms with van der Waals surface area (Å²) in [5, 5.41) is 3.38. The maximum atomic E-state index is 5.24. The Kier molecular flexibility index (Phi) is 10.3. The van der Waals surface area contributed by atoms with Crippen LogP contribution in [0.4, 0.5) is 0 Å². The van der Waals surface area contributed by atoms with Gasteiger partial charge in [0.05, 0.1) is 6.61 Å².